The highest BCUT2D eigenvalue weighted by Crippen LogP contribution is 2.30. The van der Waals surface area contributed by atoms with Gasteiger partial charge in [0.2, 0.25) is 5.82 Å². The summed E-state index contributed by atoms with van der Waals surface area (Å²) in [6, 6.07) is 5.01. The summed E-state index contributed by atoms with van der Waals surface area (Å²) in [4.78, 5) is 17.5. The van der Waals surface area contributed by atoms with E-state index in [9.17, 15) is 31.1 Å². The Morgan fingerprint density at radius 2 is 1.74 bits per heavy atom. The molecule has 5 nitrogen and oxygen atoms in total. The summed E-state index contributed by atoms with van der Waals surface area (Å²) in [5.74, 6) is -0.801. The Morgan fingerprint density at radius 1 is 1.07 bits per heavy atom. The maximum absolute atomic E-state index is 12.2. The van der Waals surface area contributed by atoms with Crippen LogP contribution in [0.5, 0.6) is 5.75 Å². The van der Waals surface area contributed by atoms with Crippen molar-refractivity contribution < 1.29 is 35.9 Å². The molecule has 3 rings (SSSR count). The van der Waals surface area contributed by atoms with Crippen molar-refractivity contribution >= 4 is 5.91 Å². The average Bonchev–Trinajstić information content (AvgIpc) is 3.07. The predicted octanol–water partition coefficient (Wildman–Crippen LogP) is 4.20. The second-order valence-electron chi connectivity index (χ2n) is 5.90. The van der Waals surface area contributed by atoms with E-state index in [1.54, 1.807) is 0 Å². The Hall–Kier alpha value is -2.72. The van der Waals surface area contributed by atoms with Crippen LogP contribution < -0.4 is 4.74 Å². The summed E-state index contributed by atoms with van der Waals surface area (Å²) in [6.45, 7) is -0.0400. The highest BCUT2D eigenvalue weighted by atomic mass is 19.4. The van der Waals surface area contributed by atoms with E-state index in [0.717, 1.165) is 12.1 Å². The Kier molecular flexibility index (Phi) is 4.79. The van der Waals surface area contributed by atoms with Gasteiger partial charge in [0.15, 0.2) is 0 Å². The number of carbonyl (C=O) groups excluding carboxylic acids is 1. The van der Waals surface area contributed by atoms with Crippen LogP contribution in [0.25, 0.3) is 11.3 Å². The van der Waals surface area contributed by atoms with Gasteiger partial charge in [-0.2, -0.15) is 13.2 Å². The van der Waals surface area contributed by atoms with Gasteiger partial charge in [-0.1, -0.05) is 0 Å². The molecule has 0 saturated carbocycles. The first-order valence-corrected chi connectivity index (χ1v) is 7.81. The number of carbonyl (C=O) groups is 1. The van der Waals surface area contributed by atoms with Crippen LogP contribution in [0, 0.1) is 0 Å². The fraction of sp³-hybridized carbons (Fsp3) is 0.375. The molecule has 1 amide bonds. The molecule has 0 atom stereocenters. The van der Waals surface area contributed by atoms with E-state index in [-0.39, 0.29) is 25.5 Å². The molecule has 0 fully saturated rings. The van der Waals surface area contributed by atoms with Gasteiger partial charge in [0.05, 0.1) is 18.6 Å². The molecule has 0 radical (unpaired) electrons. The monoisotopic (exact) mass is 393 g/mol. The quantitative estimate of drug-likeness (QED) is 0.716. The molecule has 1 aliphatic heterocycles. The first-order chi connectivity index (χ1) is 12.5. The number of rotatable bonds is 5. The highest BCUT2D eigenvalue weighted by Gasteiger charge is 2.33. The van der Waals surface area contributed by atoms with Crippen LogP contribution in [0.4, 0.5) is 26.3 Å². The number of benzene rings is 1. The summed E-state index contributed by atoms with van der Waals surface area (Å²) < 4.78 is 78.7. The molecule has 0 N–H and O–H groups in total. The van der Waals surface area contributed by atoms with Crippen molar-refractivity contribution in [2.45, 2.75) is 32.0 Å². The van der Waals surface area contributed by atoms with Crippen molar-refractivity contribution in [3.05, 3.63) is 36.3 Å². The fourth-order valence-electron chi connectivity index (χ4n) is 2.77. The van der Waals surface area contributed by atoms with Crippen molar-refractivity contribution in [3.8, 4) is 17.0 Å². The van der Waals surface area contributed by atoms with Gasteiger partial charge in [0.1, 0.15) is 5.75 Å². The number of alkyl halides is 6. The fourth-order valence-corrected chi connectivity index (χ4v) is 2.77. The average molecular weight is 393 g/mol. The molecule has 0 saturated heterocycles. The van der Waals surface area contributed by atoms with Crippen LogP contribution in [0.3, 0.4) is 0 Å². The number of hydrogen-bond acceptors (Lipinski definition) is 3. The summed E-state index contributed by atoms with van der Waals surface area (Å²) in [6.07, 6.45) is -8.92. The predicted molar refractivity (Wildman–Crippen MR) is 80.7 cm³/mol. The molecule has 2 heterocycles. The number of imidazole rings is 1. The van der Waals surface area contributed by atoms with Crippen molar-refractivity contribution in [2.24, 2.45) is 0 Å². The van der Waals surface area contributed by atoms with Gasteiger partial charge in [-0.25, -0.2) is 4.98 Å². The molecule has 0 unspecified atom stereocenters. The number of ether oxygens (including phenoxy) is 1. The normalized spacial score (nSPS) is 14.6. The van der Waals surface area contributed by atoms with Crippen LogP contribution in [0.15, 0.2) is 30.5 Å². The molecule has 2 aromatic rings. The lowest BCUT2D eigenvalue weighted by Gasteiger charge is -2.16. The second-order valence-corrected chi connectivity index (χ2v) is 5.90. The molecule has 1 aromatic carbocycles. The zero-order valence-corrected chi connectivity index (χ0v) is 13.6. The zero-order valence-electron chi connectivity index (χ0n) is 13.6. The number of fused-ring (bicyclic) bond motifs is 1. The number of hydrogen-bond donors (Lipinski definition) is 0. The minimum atomic E-state index is -4.80. The van der Waals surface area contributed by atoms with Crippen LogP contribution in [-0.2, 0) is 6.67 Å². The molecule has 146 valence electrons. The number of amides is 1. The lowest BCUT2D eigenvalue weighted by Crippen LogP contribution is -2.27. The number of halogens is 6. The third kappa shape index (κ3) is 4.52. The third-order valence-electron chi connectivity index (χ3n) is 3.92. The van der Waals surface area contributed by atoms with E-state index in [1.807, 2.05) is 0 Å². The molecule has 11 heteroatoms. The Morgan fingerprint density at radius 3 is 2.33 bits per heavy atom. The first kappa shape index (κ1) is 19.1. The van der Waals surface area contributed by atoms with Crippen LogP contribution in [-0.4, -0.2) is 39.4 Å². The largest absolute Gasteiger partial charge is 0.573 e. The smallest absolute Gasteiger partial charge is 0.406 e. The summed E-state index contributed by atoms with van der Waals surface area (Å²) in [7, 11) is 0. The molecule has 0 aliphatic carbocycles. The van der Waals surface area contributed by atoms with Gasteiger partial charge < -0.3 is 14.2 Å². The molecule has 0 spiro atoms. The Balaban J connectivity index is 1.71. The first-order valence-electron chi connectivity index (χ1n) is 7.81. The second kappa shape index (κ2) is 6.78. The maximum Gasteiger partial charge on any atom is 0.573 e. The summed E-state index contributed by atoms with van der Waals surface area (Å²) in [5, 5.41) is 0. The summed E-state index contributed by atoms with van der Waals surface area (Å²) >= 11 is 0. The highest BCUT2D eigenvalue weighted by molar-refractivity contribution is 5.93. The summed E-state index contributed by atoms with van der Waals surface area (Å²) in [5.41, 5.74) is 0.962. The lowest BCUT2D eigenvalue weighted by atomic mass is 10.1. The van der Waals surface area contributed by atoms with E-state index in [1.165, 1.54) is 27.8 Å². The van der Waals surface area contributed by atoms with E-state index in [4.69, 9.17) is 0 Å². The minimum Gasteiger partial charge on any atom is -0.406 e. The van der Waals surface area contributed by atoms with Gasteiger partial charge in [-0.3, -0.25) is 4.79 Å². The third-order valence-corrected chi connectivity index (χ3v) is 3.92. The van der Waals surface area contributed by atoms with Gasteiger partial charge in [0, 0.05) is 18.5 Å². The van der Waals surface area contributed by atoms with Gasteiger partial charge in [0.25, 0.3) is 5.91 Å². The van der Waals surface area contributed by atoms with Crippen LogP contribution in [0.2, 0.25) is 0 Å². The Bertz CT molecular complexity index is 826. The molecule has 0 bridgehead atoms. The van der Waals surface area contributed by atoms with Crippen molar-refractivity contribution in [3.63, 3.8) is 0 Å². The standard InChI is InChI=1S/C16H13F6N3O2/c17-15(18,19)6-1-7-24-9-25-12(8-23-13(25)14(24)26)10-2-4-11(5-3-10)27-16(20,21)22/h2-5,8H,1,6-7,9H2. The number of aromatic nitrogens is 2. The molecule has 27 heavy (non-hydrogen) atoms. The molecular formula is C16H13F6N3O2. The topological polar surface area (TPSA) is 47.4 Å². The van der Waals surface area contributed by atoms with Gasteiger partial charge in [-0.05, 0) is 30.7 Å². The van der Waals surface area contributed by atoms with E-state index in [2.05, 4.69) is 9.72 Å². The number of nitrogens with zero attached hydrogens (tertiary/aromatic N) is 3. The van der Waals surface area contributed by atoms with Crippen molar-refractivity contribution in [2.75, 3.05) is 6.54 Å². The Labute approximate surface area is 149 Å². The maximum atomic E-state index is 12.2. The van der Waals surface area contributed by atoms with Crippen LogP contribution >= 0.6 is 0 Å². The molecular weight excluding hydrogens is 380 g/mol. The van der Waals surface area contributed by atoms with E-state index in [0.29, 0.717) is 11.3 Å². The van der Waals surface area contributed by atoms with E-state index >= 15 is 0 Å². The lowest BCUT2D eigenvalue weighted by molar-refractivity contribution is -0.274. The van der Waals surface area contributed by atoms with Gasteiger partial charge in [-0.15, -0.1) is 13.2 Å². The minimum absolute atomic E-state index is 0.0299. The van der Waals surface area contributed by atoms with Crippen molar-refractivity contribution in [1.29, 1.82) is 0 Å². The SMILES string of the molecule is O=C1c2ncc(-c3ccc(OC(F)(F)F)cc3)n2CN1CCCC(F)(F)F. The van der Waals surface area contributed by atoms with Crippen molar-refractivity contribution in [1.82, 2.24) is 14.5 Å². The molecule has 1 aromatic heterocycles. The van der Waals surface area contributed by atoms with E-state index < -0.39 is 30.6 Å². The van der Waals surface area contributed by atoms with Gasteiger partial charge >= 0.3 is 12.5 Å². The zero-order chi connectivity index (χ0) is 19.8. The van der Waals surface area contributed by atoms with Crippen LogP contribution in [0.1, 0.15) is 23.5 Å². The molecule has 1 aliphatic rings.